The Morgan fingerprint density at radius 1 is 1.19 bits per heavy atom. The van der Waals surface area contributed by atoms with Crippen molar-refractivity contribution < 1.29 is 14.1 Å². The standard InChI is InChI=1S/C21H21ClN6O3/c1-21(2,3)16-10-18(27-31-16)24-13-6-5-12(9-15(13)30-4)23-20(29)14-11-28-19(25-14)8-7-17(22)26-28/h5-11H,1-4H3,(H,23,29)(H,24,27). The molecule has 160 valence electrons. The lowest BCUT2D eigenvalue weighted by atomic mass is 9.93. The summed E-state index contributed by atoms with van der Waals surface area (Å²) in [4.78, 5) is 16.9. The average molecular weight is 441 g/mol. The molecule has 3 heterocycles. The molecule has 1 amide bonds. The molecule has 4 aromatic rings. The fraction of sp³-hybridized carbons (Fsp3) is 0.238. The summed E-state index contributed by atoms with van der Waals surface area (Å²) in [6.45, 7) is 6.13. The predicted octanol–water partition coefficient (Wildman–Crippen LogP) is 4.67. The maximum Gasteiger partial charge on any atom is 0.275 e. The Morgan fingerprint density at radius 2 is 2.00 bits per heavy atom. The van der Waals surface area contributed by atoms with Crippen LogP contribution in [0.25, 0.3) is 5.65 Å². The molecular weight excluding hydrogens is 420 g/mol. The molecule has 0 fully saturated rings. The molecule has 31 heavy (non-hydrogen) atoms. The molecule has 1 aromatic carbocycles. The monoisotopic (exact) mass is 440 g/mol. The first kappa shape index (κ1) is 20.7. The van der Waals surface area contributed by atoms with E-state index in [1.165, 1.54) is 10.7 Å². The fourth-order valence-electron chi connectivity index (χ4n) is 2.86. The summed E-state index contributed by atoms with van der Waals surface area (Å²) in [7, 11) is 1.55. The molecule has 10 heteroatoms. The number of nitrogens with zero attached hydrogens (tertiary/aromatic N) is 4. The van der Waals surface area contributed by atoms with Crippen molar-refractivity contribution >= 4 is 40.3 Å². The van der Waals surface area contributed by atoms with Crippen LogP contribution in [0.5, 0.6) is 5.75 Å². The van der Waals surface area contributed by atoms with E-state index in [0.717, 1.165) is 5.76 Å². The molecule has 0 aliphatic carbocycles. The average Bonchev–Trinajstić information content (AvgIpc) is 3.35. The second-order valence-corrected chi connectivity index (χ2v) is 8.29. The van der Waals surface area contributed by atoms with Gasteiger partial charge in [0.2, 0.25) is 0 Å². The quantitative estimate of drug-likeness (QED) is 0.464. The van der Waals surface area contributed by atoms with Crippen LogP contribution in [0.15, 0.2) is 47.1 Å². The number of amides is 1. The topological polar surface area (TPSA) is 107 Å². The molecule has 0 saturated carbocycles. The highest BCUT2D eigenvalue weighted by atomic mass is 35.5. The van der Waals surface area contributed by atoms with Crippen molar-refractivity contribution in [1.82, 2.24) is 19.8 Å². The minimum Gasteiger partial charge on any atom is -0.494 e. The number of benzene rings is 1. The van der Waals surface area contributed by atoms with Crippen LogP contribution < -0.4 is 15.4 Å². The van der Waals surface area contributed by atoms with Crippen LogP contribution in [0, 0.1) is 0 Å². The molecule has 0 aliphatic rings. The molecule has 2 N–H and O–H groups in total. The van der Waals surface area contributed by atoms with Gasteiger partial charge in [0.25, 0.3) is 5.91 Å². The first-order valence-corrected chi connectivity index (χ1v) is 9.86. The van der Waals surface area contributed by atoms with Crippen LogP contribution in [0.4, 0.5) is 17.2 Å². The third kappa shape index (κ3) is 4.46. The smallest absolute Gasteiger partial charge is 0.275 e. The van der Waals surface area contributed by atoms with Gasteiger partial charge in [0.05, 0.1) is 19.0 Å². The molecule has 9 nitrogen and oxygen atoms in total. The van der Waals surface area contributed by atoms with Crippen molar-refractivity contribution in [2.75, 3.05) is 17.7 Å². The van der Waals surface area contributed by atoms with E-state index in [-0.39, 0.29) is 17.0 Å². The first-order chi connectivity index (χ1) is 14.7. The summed E-state index contributed by atoms with van der Waals surface area (Å²) in [5.41, 5.74) is 1.82. The third-order valence-corrected chi connectivity index (χ3v) is 4.69. The number of carbonyl (C=O) groups excluding carboxylic acids is 1. The number of nitrogens with one attached hydrogen (secondary N) is 2. The Morgan fingerprint density at radius 3 is 2.71 bits per heavy atom. The van der Waals surface area contributed by atoms with Crippen LogP contribution in [-0.4, -0.2) is 32.8 Å². The summed E-state index contributed by atoms with van der Waals surface area (Å²) >= 11 is 5.88. The van der Waals surface area contributed by atoms with Gasteiger partial charge in [-0.05, 0) is 24.3 Å². The molecule has 3 aromatic heterocycles. The van der Waals surface area contributed by atoms with Crippen LogP contribution in [-0.2, 0) is 5.41 Å². The highest BCUT2D eigenvalue weighted by Crippen LogP contribution is 2.32. The van der Waals surface area contributed by atoms with E-state index in [0.29, 0.717) is 33.7 Å². The fourth-order valence-corrected chi connectivity index (χ4v) is 3.01. The van der Waals surface area contributed by atoms with Crippen molar-refractivity contribution in [3.05, 3.63) is 59.2 Å². The summed E-state index contributed by atoms with van der Waals surface area (Å²) in [6.07, 6.45) is 1.51. The molecule has 4 rings (SSSR count). The van der Waals surface area contributed by atoms with Gasteiger partial charge in [0.15, 0.2) is 11.5 Å². The Kier molecular flexibility index (Phi) is 5.28. The van der Waals surface area contributed by atoms with E-state index in [9.17, 15) is 4.79 Å². The van der Waals surface area contributed by atoms with E-state index < -0.39 is 0 Å². The van der Waals surface area contributed by atoms with E-state index in [1.807, 2.05) is 26.8 Å². The van der Waals surface area contributed by atoms with E-state index in [2.05, 4.69) is 25.9 Å². The molecule has 0 radical (unpaired) electrons. The number of anilines is 3. The van der Waals surface area contributed by atoms with Gasteiger partial charge in [-0.3, -0.25) is 4.79 Å². The van der Waals surface area contributed by atoms with Gasteiger partial charge in [-0.1, -0.05) is 37.5 Å². The molecule has 0 spiro atoms. The lowest BCUT2D eigenvalue weighted by Crippen LogP contribution is -2.12. The number of fused-ring (bicyclic) bond motifs is 1. The SMILES string of the molecule is COc1cc(NC(=O)c2cn3nc(Cl)ccc3n2)ccc1Nc1cc(C(C)(C)C)on1. The Labute approximate surface area is 183 Å². The predicted molar refractivity (Wildman–Crippen MR) is 117 cm³/mol. The number of hydrogen-bond donors (Lipinski definition) is 2. The molecular formula is C21H21ClN6O3. The highest BCUT2D eigenvalue weighted by molar-refractivity contribution is 6.29. The van der Waals surface area contributed by atoms with Crippen molar-refractivity contribution in [3.63, 3.8) is 0 Å². The highest BCUT2D eigenvalue weighted by Gasteiger charge is 2.20. The molecule has 0 unspecified atom stereocenters. The van der Waals surface area contributed by atoms with Gasteiger partial charge in [-0.25, -0.2) is 9.50 Å². The maximum atomic E-state index is 12.6. The zero-order valence-electron chi connectivity index (χ0n) is 17.4. The third-order valence-electron chi connectivity index (χ3n) is 4.49. The number of carbonyl (C=O) groups is 1. The van der Waals surface area contributed by atoms with Gasteiger partial charge >= 0.3 is 0 Å². The second-order valence-electron chi connectivity index (χ2n) is 7.91. The number of ether oxygens (including phenoxy) is 1. The van der Waals surface area contributed by atoms with Crippen LogP contribution in [0.2, 0.25) is 5.15 Å². The van der Waals surface area contributed by atoms with Gasteiger partial charge in [-0.2, -0.15) is 5.10 Å². The Balaban J connectivity index is 1.51. The molecule has 0 saturated heterocycles. The Hall–Kier alpha value is -3.59. The largest absolute Gasteiger partial charge is 0.494 e. The van der Waals surface area contributed by atoms with Crippen LogP contribution >= 0.6 is 11.6 Å². The van der Waals surface area contributed by atoms with Gasteiger partial charge in [-0.15, -0.1) is 0 Å². The maximum absolute atomic E-state index is 12.6. The number of methoxy groups -OCH3 is 1. The second kappa shape index (κ2) is 7.92. The summed E-state index contributed by atoms with van der Waals surface area (Å²) in [5, 5.41) is 14.4. The summed E-state index contributed by atoms with van der Waals surface area (Å²) in [6, 6.07) is 10.4. The zero-order chi connectivity index (χ0) is 22.2. The van der Waals surface area contributed by atoms with Crippen molar-refractivity contribution in [3.8, 4) is 5.75 Å². The minimum atomic E-state index is -0.379. The number of imidazole rings is 1. The molecule has 0 atom stereocenters. The van der Waals surface area contributed by atoms with Crippen LogP contribution in [0.1, 0.15) is 37.0 Å². The Bertz CT molecular complexity index is 1260. The van der Waals surface area contributed by atoms with Gasteiger partial charge in [0, 0.05) is 23.2 Å². The van der Waals surface area contributed by atoms with Gasteiger partial charge < -0.3 is 19.9 Å². The number of halogens is 1. The van der Waals surface area contributed by atoms with Crippen molar-refractivity contribution in [2.45, 2.75) is 26.2 Å². The lowest BCUT2D eigenvalue weighted by Gasteiger charge is -2.12. The molecule has 0 bridgehead atoms. The minimum absolute atomic E-state index is 0.149. The zero-order valence-corrected chi connectivity index (χ0v) is 18.2. The van der Waals surface area contributed by atoms with Crippen LogP contribution in [0.3, 0.4) is 0 Å². The van der Waals surface area contributed by atoms with E-state index in [4.69, 9.17) is 20.9 Å². The van der Waals surface area contributed by atoms with Crippen molar-refractivity contribution in [2.24, 2.45) is 0 Å². The van der Waals surface area contributed by atoms with E-state index >= 15 is 0 Å². The van der Waals surface area contributed by atoms with E-state index in [1.54, 1.807) is 37.4 Å². The summed E-state index contributed by atoms with van der Waals surface area (Å²) in [5.74, 6) is 1.48. The lowest BCUT2D eigenvalue weighted by molar-refractivity contribution is 0.102. The van der Waals surface area contributed by atoms with Gasteiger partial charge in [0.1, 0.15) is 22.4 Å². The summed E-state index contributed by atoms with van der Waals surface area (Å²) < 4.78 is 12.3. The first-order valence-electron chi connectivity index (χ1n) is 9.48. The number of aromatic nitrogens is 4. The number of hydrogen-bond acceptors (Lipinski definition) is 7. The molecule has 0 aliphatic heterocycles. The normalized spacial score (nSPS) is 11.5. The van der Waals surface area contributed by atoms with Crippen molar-refractivity contribution in [1.29, 1.82) is 0 Å². The number of rotatable bonds is 5.